The van der Waals surface area contributed by atoms with Crippen LogP contribution in [0.25, 0.3) is 0 Å². The van der Waals surface area contributed by atoms with Gasteiger partial charge in [-0.2, -0.15) is 0 Å². The number of rotatable bonds is 0. The quantitative estimate of drug-likeness (QED) is 0.663. The average Bonchev–Trinajstić information content (AvgIpc) is 1.97. The van der Waals surface area contributed by atoms with Gasteiger partial charge in [0.05, 0.1) is 13.4 Å². The molecule has 1 rings (SSSR count). The molecule has 0 aromatic carbocycles. The first-order valence-electron chi connectivity index (χ1n) is 2.49. The van der Waals surface area contributed by atoms with Crippen molar-refractivity contribution in [1.29, 1.82) is 0 Å². The monoisotopic (exact) mass is 406 g/mol. The first-order valence-corrected chi connectivity index (χ1v) is 5.66. The largest absolute Gasteiger partial charge is 0.383 e. The van der Waals surface area contributed by atoms with Crippen molar-refractivity contribution in [1.82, 2.24) is 4.98 Å². The summed E-state index contributed by atoms with van der Waals surface area (Å²) >= 11 is 13.2. The number of hydrogen-bond acceptors (Lipinski definition) is 2. The third kappa shape index (κ3) is 1.96. The number of pyridine rings is 1. The van der Waals surface area contributed by atoms with E-state index in [1.165, 1.54) is 0 Å². The van der Waals surface area contributed by atoms with Gasteiger partial charge >= 0.3 is 0 Å². The van der Waals surface area contributed by atoms with Crippen molar-refractivity contribution < 1.29 is 0 Å². The Kier molecular flexibility index (Phi) is 3.37. The molecule has 0 aliphatic heterocycles. The summed E-state index contributed by atoms with van der Waals surface area (Å²) in [5, 5.41) is 0. The molecule has 60 valence electrons. The zero-order chi connectivity index (χ0) is 8.59. The van der Waals surface area contributed by atoms with E-state index in [9.17, 15) is 0 Å². The molecule has 2 nitrogen and oxygen atoms in total. The van der Waals surface area contributed by atoms with Crippen LogP contribution in [0.15, 0.2) is 18.0 Å². The minimum atomic E-state index is 0.451. The van der Waals surface area contributed by atoms with Crippen LogP contribution < -0.4 is 5.73 Å². The second kappa shape index (κ2) is 3.72. The van der Waals surface area contributed by atoms with Crippen molar-refractivity contribution >= 4 is 69.5 Å². The number of hydrogen-bond donors (Lipinski definition) is 1. The SMILES string of the molecule is Nc1nc(Br)c(Br)c(Br)c1Br. The van der Waals surface area contributed by atoms with E-state index in [1.54, 1.807) is 0 Å². The predicted molar refractivity (Wildman–Crippen MR) is 59.4 cm³/mol. The lowest BCUT2D eigenvalue weighted by molar-refractivity contribution is 1.23. The third-order valence-corrected chi connectivity index (χ3v) is 5.55. The molecule has 1 heterocycles. The van der Waals surface area contributed by atoms with Crippen molar-refractivity contribution in [3.8, 4) is 0 Å². The minimum Gasteiger partial charge on any atom is -0.383 e. The Balaban J connectivity index is 3.46. The van der Waals surface area contributed by atoms with Gasteiger partial charge in [0.25, 0.3) is 0 Å². The first-order chi connectivity index (χ1) is 5.04. The summed E-state index contributed by atoms with van der Waals surface area (Å²) in [5.41, 5.74) is 5.55. The summed E-state index contributed by atoms with van der Waals surface area (Å²) in [7, 11) is 0. The standard InChI is InChI=1S/C5H2Br4N2/c6-1-2(7)4(9)11-5(10)3(1)8/h(H2,10,11). The van der Waals surface area contributed by atoms with Crippen LogP contribution in [0.3, 0.4) is 0 Å². The van der Waals surface area contributed by atoms with Gasteiger partial charge in [-0.05, 0) is 63.7 Å². The first kappa shape index (κ1) is 9.95. The fourth-order valence-electron chi connectivity index (χ4n) is 0.503. The van der Waals surface area contributed by atoms with Crippen LogP contribution in [0.4, 0.5) is 5.82 Å². The fraction of sp³-hybridized carbons (Fsp3) is 0. The molecule has 0 saturated carbocycles. The number of nitrogen functional groups attached to an aromatic ring is 1. The van der Waals surface area contributed by atoms with Gasteiger partial charge in [0.2, 0.25) is 0 Å². The summed E-state index contributed by atoms with van der Waals surface area (Å²) < 4.78 is 3.15. The molecule has 2 N–H and O–H groups in total. The van der Waals surface area contributed by atoms with Crippen molar-refractivity contribution in [2.24, 2.45) is 0 Å². The van der Waals surface area contributed by atoms with Crippen LogP contribution in [0.5, 0.6) is 0 Å². The lowest BCUT2D eigenvalue weighted by atomic mass is 10.5. The maximum absolute atomic E-state index is 5.55. The molecule has 0 unspecified atom stereocenters. The topological polar surface area (TPSA) is 38.9 Å². The highest BCUT2D eigenvalue weighted by atomic mass is 79.9. The van der Waals surface area contributed by atoms with Crippen LogP contribution >= 0.6 is 63.7 Å². The molecule has 0 saturated heterocycles. The highest BCUT2D eigenvalue weighted by molar-refractivity contribution is 9.15. The molecule has 0 aliphatic rings. The average molecular weight is 410 g/mol. The zero-order valence-corrected chi connectivity index (χ0v) is 11.4. The Morgan fingerprint density at radius 2 is 1.45 bits per heavy atom. The molecule has 0 radical (unpaired) electrons. The molecule has 0 aliphatic carbocycles. The molecule has 0 amide bonds. The van der Waals surface area contributed by atoms with Gasteiger partial charge in [-0.1, -0.05) is 0 Å². The normalized spacial score (nSPS) is 10.2. The second-order valence-electron chi connectivity index (χ2n) is 1.73. The van der Waals surface area contributed by atoms with E-state index in [0.29, 0.717) is 10.4 Å². The van der Waals surface area contributed by atoms with E-state index in [4.69, 9.17) is 5.73 Å². The van der Waals surface area contributed by atoms with Gasteiger partial charge in [0.1, 0.15) is 10.4 Å². The van der Waals surface area contributed by atoms with Gasteiger partial charge in [-0.15, -0.1) is 0 Å². The van der Waals surface area contributed by atoms with Crippen LogP contribution in [-0.2, 0) is 0 Å². The van der Waals surface area contributed by atoms with Crippen molar-refractivity contribution in [3.05, 3.63) is 18.0 Å². The highest BCUT2D eigenvalue weighted by Gasteiger charge is 2.10. The van der Waals surface area contributed by atoms with E-state index in [1.807, 2.05) is 0 Å². The minimum absolute atomic E-state index is 0.451. The van der Waals surface area contributed by atoms with E-state index in [2.05, 4.69) is 68.7 Å². The molecule has 6 heteroatoms. The summed E-state index contributed by atoms with van der Waals surface area (Å²) in [4.78, 5) is 4.00. The van der Waals surface area contributed by atoms with Gasteiger partial charge in [-0.25, -0.2) is 4.98 Å². The Morgan fingerprint density at radius 1 is 0.909 bits per heavy atom. The lowest BCUT2D eigenvalue weighted by Crippen LogP contribution is -1.93. The number of nitrogens with two attached hydrogens (primary N) is 1. The number of anilines is 1. The van der Waals surface area contributed by atoms with Crippen LogP contribution in [0.1, 0.15) is 0 Å². The maximum atomic E-state index is 5.55. The van der Waals surface area contributed by atoms with Crippen LogP contribution in [0, 0.1) is 0 Å². The van der Waals surface area contributed by atoms with Gasteiger partial charge in [-0.3, -0.25) is 0 Å². The van der Waals surface area contributed by atoms with Crippen LogP contribution in [0.2, 0.25) is 0 Å². The van der Waals surface area contributed by atoms with Crippen LogP contribution in [-0.4, -0.2) is 4.98 Å². The summed E-state index contributed by atoms with van der Waals surface area (Å²) in [6.07, 6.45) is 0. The molecular weight excluding hydrogens is 408 g/mol. The van der Waals surface area contributed by atoms with Crippen molar-refractivity contribution in [2.75, 3.05) is 5.73 Å². The summed E-state index contributed by atoms with van der Waals surface area (Å²) in [6, 6.07) is 0. The van der Waals surface area contributed by atoms with Crippen molar-refractivity contribution in [3.63, 3.8) is 0 Å². The Morgan fingerprint density at radius 3 is 2.00 bits per heavy atom. The number of halogens is 4. The van der Waals surface area contributed by atoms with Crippen molar-refractivity contribution in [2.45, 2.75) is 0 Å². The molecule has 11 heavy (non-hydrogen) atoms. The molecule has 0 fully saturated rings. The molecule has 0 atom stereocenters. The lowest BCUT2D eigenvalue weighted by Gasteiger charge is -2.03. The van der Waals surface area contributed by atoms with E-state index < -0.39 is 0 Å². The zero-order valence-electron chi connectivity index (χ0n) is 5.04. The van der Waals surface area contributed by atoms with E-state index in [-0.39, 0.29) is 0 Å². The third-order valence-electron chi connectivity index (χ3n) is 1.01. The molecule has 1 aromatic heterocycles. The number of aromatic nitrogens is 1. The smallest absolute Gasteiger partial charge is 0.140 e. The molecule has 0 bridgehead atoms. The maximum Gasteiger partial charge on any atom is 0.140 e. The molecule has 0 spiro atoms. The summed E-state index contributed by atoms with van der Waals surface area (Å²) in [5.74, 6) is 0.451. The number of nitrogens with zero attached hydrogens (tertiary/aromatic N) is 1. The Bertz CT molecular complexity index is 273. The Hall–Kier alpha value is 0.870. The van der Waals surface area contributed by atoms with Gasteiger partial charge < -0.3 is 5.73 Å². The second-order valence-corrected chi connectivity index (χ2v) is 4.86. The summed E-state index contributed by atoms with van der Waals surface area (Å²) in [6.45, 7) is 0. The Labute approximate surface area is 97.5 Å². The molecular formula is C5H2Br4N2. The molecule has 1 aromatic rings. The van der Waals surface area contributed by atoms with E-state index in [0.717, 1.165) is 13.4 Å². The predicted octanol–water partition coefficient (Wildman–Crippen LogP) is 3.71. The fourth-order valence-corrected chi connectivity index (χ4v) is 2.39. The van der Waals surface area contributed by atoms with Gasteiger partial charge in [0, 0.05) is 0 Å². The van der Waals surface area contributed by atoms with Gasteiger partial charge in [0.15, 0.2) is 0 Å². The van der Waals surface area contributed by atoms with E-state index >= 15 is 0 Å². The highest BCUT2D eigenvalue weighted by Crippen LogP contribution is 2.37.